The van der Waals surface area contributed by atoms with Crippen molar-refractivity contribution in [3.8, 4) is 0 Å². The maximum absolute atomic E-state index is 10.4. The summed E-state index contributed by atoms with van der Waals surface area (Å²) in [7, 11) is 0. The van der Waals surface area contributed by atoms with Gasteiger partial charge in [0.2, 0.25) is 0 Å². The van der Waals surface area contributed by atoms with Gasteiger partial charge in [-0.2, -0.15) is 0 Å². The van der Waals surface area contributed by atoms with Crippen LogP contribution in [0.1, 0.15) is 53.9 Å². The van der Waals surface area contributed by atoms with E-state index >= 15 is 0 Å². The Balaban J connectivity index is 3.63. The fourth-order valence-electron chi connectivity index (χ4n) is 1.76. The summed E-state index contributed by atoms with van der Waals surface area (Å²) in [6.07, 6.45) is 4.53. The van der Waals surface area contributed by atoms with Crippen LogP contribution in [0.2, 0.25) is 0 Å². The largest absolute Gasteiger partial charge is 0.303 e. The minimum absolute atomic E-state index is 0.238. The van der Waals surface area contributed by atoms with Crippen LogP contribution in [0.4, 0.5) is 0 Å². The van der Waals surface area contributed by atoms with Crippen LogP contribution in [0.25, 0.3) is 0 Å². The van der Waals surface area contributed by atoms with Crippen molar-refractivity contribution in [2.45, 2.75) is 53.9 Å². The molecular weight excluding hydrogens is 160 g/mol. The van der Waals surface area contributed by atoms with Crippen LogP contribution in [0, 0.1) is 17.3 Å². The van der Waals surface area contributed by atoms with Gasteiger partial charge in [-0.25, -0.2) is 0 Å². The fraction of sp³-hybridized carbons (Fsp3) is 0.917. The molecule has 0 saturated carbocycles. The molecule has 0 heterocycles. The van der Waals surface area contributed by atoms with Crippen LogP contribution in [0.3, 0.4) is 0 Å². The third-order valence-corrected chi connectivity index (χ3v) is 2.31. The Labute approximate surface area is 82.9 Å². The van der Waals surface area contributed by atoms with Crippen molar-refractivity contribution in [3.05, 3.63) is 0 Å². The molecule has 0 amide bonds. The second-order valence-corrected chi connectivity index (χ2v) is 5.56. The van der Waals surface area contributed by atoms with Crippen molar-refractivity contribution in [3.63, 3.8) is 0 Å². The van der Waals surface area contributed by atoms with Gasteiger partial charge in [0.15, 0.2) is 0 Å². The molecule has 13 heavy (non-hydrogen) atoms. The Morgan fingerprint density at radius 2 is 1.69 bits per heavy atom. The predicted octanol–water partition coefficient (Wildman–Crippen LogP) is 3.67. The van der Waals surface area contributed by atoms with Gasteiger partial charge in [-0.3, -0.25) is 0 Å². The molecule has 0 aromatic carbocycles. The molecule has 0 aliphatic heterocycles. The Hall–Kier alpha value is -0.330. The summed E-state index contributed by atoms with van der Waals surface area (Å²) in [4.78, 5) is 10.4. The lowest BCUT2D eigenvalue weighted by molar-refractivity contribution is -0.110. The van der Waals surface area contributed by atoms with Crippen molar-refractivity contribution in [2.75, 3.05) is 0 Å². The van der Waals surface area contributed by atoms with E-state index in [1.165, 1.54) is 12.8 Å². The lowest BCUT2D eigenvalue weighted by Gasteiger charge is -2.23. The minimum atomic E-state index is 0.238. The molecule has 78 valence electrons. The molecule has 1 nitrogen and oxygen atoms in total. The van der Waals surface area contributed by atoms with E-state index in [4.69, 9.17) is 0 Å². The highest BCUT2D eigenvalue weighted by atomic mass is 16.1. The maximum atomic E-state index is 10.4. The Morgan fingerprint density at radius 1 is 1.15 bits per heavy atom. The molecule has 0 saturated heterocycles. The molecule has 0 radical (unpaired) electrons. The molecule has 0 spiro atoms. The molecule has 0 fully saturated rings. The molecule has 0 N–H and O–H groups in total. The third kappa shape index (κ3) is 8.01. The lowest BCUT2D eigenvalue weighted by Crippen LogP contribution is -2.12. The number of hydrogen-bond donors (Lipinski definition) is 0. The van der Waals surface area contributed by atoms with E-state index in [2.05, 4.69) is 27.7 Å². The van der Waals surface area contributed by atoms with Gasteiger partial charge in [0, 0.05) is 5.92 Å². The van der Waals surface area contributed by atoms with Crippen molar-refractivity contribution < 1.29 is 4.79 Å². The summed E-state index contributed by atoms with van der Waals surface area (Å²) in [6.45, 7) is 11.1. The molecule has 0 unspecified atom stereocenters. The summed E-state index contributed by atoms with van der Waals surface area (Å²) < 4.78 is 0. The SMILES string of the molecule is C[C@@H](CC[C@H](C)C=O)CC(C)(C)C. The molecule has 0 aliphatic carbocycles. The highest BCUT2D eigenvalue weighted by Gasteiger charge is 2.15. The minimum Gasteiger partial charge on any atom is -0.303 e. The first-order valence-corrected chi connectivity index (χ1v) is 5.30. The number of rotatable bonds is 5. The van der Waals surface area contributed by atoms with Crippen LogP contribution in [0.15, 0.2) is 0 Å². The van der Waals surface area contributed by atoms with Crippen molar-refractivity contribution >= 4 is 6.29 Å². The first-order valence-electron chi connectivity index (χ1n) is 5.30. The smallest absolute Gasteiger partial charge is 0.122 e. The summed E-state index contributed by atoms with van der Waals surface area (Å²) in [5.41, 5.74) is 0.420. The monoisotopic (exact) mass is 184 g/mol. The molecule has 0 aromatic heterocycles. The molecule has 1 heteroatoms. The third-order valence-electron chi connectivity index (χ3n) is 2.31. The first kappa shape index (κ1) is 12.7. The normalized spacial score (nSPS) is 16.7. The Bertz CT molecular complexity index is 144. The van der Waals surface area contributed by atoms with Gasteiger partial charge < -0.3 is 4.79 Å². The van der Waals surface area contributed by atoms with E-state index < -0.39 is 0 Å². The van der Waals surface area contributed by atoms with Crippen LogP contribution in [-0.2, 0) is 4.79 Å². The summed E-state index contributed by atoms with van der Waals surface area (Å²) in [6, 6.07) is 0. The molecule has 2 atom stereocenters. The van der Waals surface area contributed by atoms with Gasteiger partial charge in [-0.15, -0.1) is 0 Å². The van der Waals surface area contributed by atoms with Crippen molar-refractivity contribution in [1.82, 2.24) is 0 Å². The average Bonchev–Trinajstić information content (AvgIpc) is 1.97. The number of carbonyl (C=O) groups excluding carboxylic acids is 1. The predicted molar refractivity (Wildman–Crippen MR) is 57.7 cm³/mol. The van der Waals surface area contributed by atoms with E-state index in [-0.39, 0.29) is 5.92 Å². The van der Waals surface area contributed by atoms with Gasteiger partial charge in [0.05, 0.1) is 0 Å². The van der Waals surface area contributed by atoms with E-state index in [0.29, 0.717) is 5.41 Å². The maximum Gasteiger partial charge on any atom is 0.122 e. The Kier molecular flexibility index (Phi) is 5.27. The topological polar surface area (TPSA) is 17.1 Å². The van der Waals surface area contributed by atoms with Crippen LogP contribution >= 0.6 is 0 Å². The van der Waals surface area contributed by atoms with Crippen LogP contribution in [-0.4, -0.2) is 6.29 Å². The standard InChI is InChI=1S/C12H24O/c1-10(8-12(3,4)5)6-7-11(2)9-13/h9-11H,6-8H2,1-5H3/t10-,11-/m0/s1. The summed E-state index contributed by atoms with van der Waals surface area (Å²) in [5, 5.41) is 0. The molecule has 0 rings (SSSR count). The van der Waals surface area contributed by atoms with Gasteiger partial charge in [-0.1, -0.05) is 41.0 Å². The van der Waals surface area contributed by atoms with Gasteiger partial charge in [-0.05, 0) is 24.2 Å². The van der Waals surface area contributed by atoms with Crippen LogP contribution < -0.4 is 0 Å². The van der Waals surface area contributed by atoms with Gasteiger partial charge in [0.1, 0.15) is 6.29 Å². The summed E-state index contributed by atoms with van der Waals surface area (Å²) >= 11 is 0. The first-order chi connectivity index (χ1) is 5.85. The van der Waals surface area contributed by atoms with Crippen molar-refractivity contribution in [2.24, 2.45) is 17.3 Å². The number of aldehydes is 1. The lowest BCUT2D eigenvalue weighted by atomic mass is 9.83. The van der Waals surface area contributed by atoms with E-state index in [1.807, 2.05) is 6.92 Å². The van der Waals surface area contributed by atoms with Gasteiger partial charge >= 0.3 is 0 Å². The zero-order valence-electron chi connectivity index (χ0n) is 9.76. The zero-order valence-corrected chi connectivity index (χ0v) is 9.76. The Morgan fingerprint density at radius 3 is 2.08 bits per heavy atom. The average molecular weight is 184 g/mol. The highest BCUT2D eigenvalue weighted by molar-refractivity contribution is 5.52. The van der Waals surface area contributed by atoms with Crippen LogP contribution in [0.5, 0.6) is 0 Å². The zero-order chi connectivity index (χ0) is 10.5. The van der Waals surface area contributed by atoms with E-state index in [9.17, 15) is 4.79 Å². The number of hydrogen-bond acceptors (Lipinski definition) is 1. The number of carbonyl (C=O) groups is 1. The quantitative estimate of drug-likeness (QED) is 0.596. The van der Waals surface area contributed by atoms with Crippen molar-refractivity contribution in [1.29, 1.82) is 0 Å². The molecular formula is C12H24O. The molecule has 0 bridgehead atoms. The highest BCUT2D eigenvalue weighted by Crippen LogP contribution is 2.27. The van der Waals surface area contributed by atoms with Gasteiger partial charge in [0.25, 0.3) is 0 Å². The second-order valence-electron chi connectivity index (χ2n) is 5.56. The summed E-state index contributed by atoms with van der Waals surface area (Å²) in [5.74, 6) is 0.977. The van der Waals surface area contributed by atoms with E-state index in [0.717, 1.165) is 18.6 Å². The second kappa shape index (κ2) is 5.41. The van der Waals surface area contributed by atoms with E-state index in [1.54, 1.807) is 0 Å². The molecule has 0 aliphatic rings. The molecule has 0 aromatic rings. The fourth-order valence-corrected chi connectivity index (χ4v) is 1.76.